The largest absolute Gasteiger partial charge is 0.486 e. The van der Waals surface area contributed by atoms with Crippen LogP contribution in [0.5, 0.6) is 5.75 Å². The lowest BCUT2D eigenvalue weighted by atomic mass is 10.0. The predicted molar refractivity (Wildman–Crippen MR) is 87.0 cm³/mol. The molecule has 0 atom stereocenters. The van der Waals surface area contributed by atoms with Crippen molar-refractivity contribution in [2.45, 2.75) is 52.7 Å². The summed E-state index contributed by atoms with van der Waals surface area (Å²) in [6.07, 6.45) is 0. The van der Waals surface area contributed by atoms with Gasteiger partial charge in [0.15, 0.2) is 0 Å². The number of ether oxygens (including phenoxy) is 1. The molecule has 1 N–H and O–H groups in total. The van der Waals surface area contributed by atoms with Gasteiger partial charge in [-0.05, 0) is 44.4 Å². The number of nitrogens with zero attached hydrogens (tertiary/aromatic N) is 1. The molecule has 0 radical (unpaired) electrons. The van der Waals surface area contributed by atoms with E-state index in [1.807, 2.05) is 19.1 Å². The van der Waals surface area contributed by atoms with Crippen molar-refractivity contribution in [1.82, 2.24) is 4.98 Å². The van der Waals surface area contributed by atoms with Crippen LogP contribution in [0.1, 0.15) is 54.8 Å². The van der Waals surface area contributed by atoms with E-state index in [0.717, 1.165) is 21.3 Å². The highest BCUT2D eigenvalue weighted by Crippen LogP contribution is 2.30. The minimum absolute atomic E-state index is 0.433. The second kappa shape index (κ2) is 6.16. The molecule has 0 aliphatic rings. The van der Waals surface area contributed by atoms with Gasteiger partial charge in [-0.15, -0.1) is 11.3 Å². The second-order valence-corrected chi connectivity index (χ2v) is 7.18. The maximum Gasteiger partial charge on any atom is 0.140 e. The molecule has 0 fully saturated rings. The Labute approximate surface area is 130 Å². The fraction of sp³-hybridized carbons (Fsp3) is 0.471. The molecule has 1 heterocycles. The van der Waals surface area contributed by atoms with Gasteiger partial charge in [0.2, 0.25) is 0 Å². The molecule has 0 saturated carbocycles. The van der Waals surface area contributed by atoms with Crippen molar-refractivity contribution < 1.29 is 9.84 Å². The van der Waals surface area contributed by atoms with Crippen LogP contribution in [-0.2, 0) is 12.2 Å². The first-order valence-electron chi connectivity index (χ1n) is 7.19. The number of hydrogen-bond acceptors (Lipinski definition) is 4. The topological polar surface area (TPSA) is 42.4 Å². The van der Waals surface area contributed by atoms with Crippen molar-refractivity contribution in [2.75, 3.05) is 0 Å². The molecular weight excluding hydrogens is 282 g/mol. The Morgan fingerprint density at radius 1 is 1.24 bits per heavy atom. The Morgan fingerprint density at radius 2 is 1.86 bits per heavy atom. The zero-order valence-electron chi connectivity index (χ0n) is 13.3. The summed E-state index contributed by atoms with van der Waals surface area (Å²) in [4.78, 5) is 5.37. The molecule has 0 saturated heterocycles. The normalized spacial score (nSPS) is 12.0. The monoisotopic (exact) mass is 305 g/mol. The van der Waals surface area contributed by atoms with Crippen LogP contribution >= 0.6 is 11.3 Å². The third-order valence-corrected chi connectivity index (χ3v) is 4.75. The van der Waals surface area contributed by atoms with E-state index in [9.17, 15) is 5.11 Å². The van der Waals surface area contributed by atoms with E-state index >= 15 is 0 Å². The van der Waals surface area contributed by atoms with Gasteiger partial charge in [-0.1, -0.05) is 26.0 Å². The van der Waals surface area contributed by atoms with E-state index in [4.69, 9.17) is 4.74 Å². The van der Waals surface area contributed by atoms with E-state index < -0.39 is 5.60 Å². The SMILES string of the molecule is Cc1nc(COc2ccc(C(C)C)cc2)sc1C(C)(C)O. The van der Waals surface area contributed by atoms with E-state index in [0.29, 0.717) is 12.5 Å². The fourth-order valence-corrected chi connectivity index (χ4v) is 3.15. The number of aliphatic hydroxyl groups is 1. The van der Waals surface area contributed by atoms with E-state index in [2.05, 4.69) is 31.0 Å². The van der Waals surface area contributed by atoms with E-state index in [1.54, 1.807) is 13.8 Å². The first kappa shape index (κ1) is 16.0. The molecule has 0 amide bonds. The average Bonchev–Trinajstić information content (AvgIpc) is 2.78. The first-order valence-corrected chi connectivity index (χ1v) is 8.01. The lowest BCUT2D eigenvalue weighted by Gasteiger charge is -2.15. The van der Waals surface area contributed by atoms with Gasteiger partial charge in [-0.3, -0.25) is 0 Å². The minimum Gasteiger partial charge on any atom is -0.486 e. The van der Waals surface area contributed by atoms with Crippen LogP contribution in [0, 0.1) is 6.92 Å². The molecule has 0 aliphatic carbocycles. The molecule has 0 spiro atoms. The number of aryl methyl sites for hydroxylation is 1. The number of thiazole rings is 1. The van der Waals surface area contributed by atoms with Gasteiger partial charge in [0, 0.05) is 0 Å². The minimum atomic E-state index is -0.848. The average molecular weight is 305 g/mol. The summed E-state index contributed by atoms with van der Waals surface area (Å²) in [6, 6.07) is 8.17. The van der Waals surface area contributed by atoms with Crippen LogP contribution in [-0.4, -0.2) is 10.1 Å². The highest BCUT2D eigenvalue weighted by atomic mass is 32.1. The van der Waals surface area contributed by atoms with Crippen LogP contribution in [0.4, 0.5) is 0 Å². The van der Waals surface area contributed by atoms with Crippen LogP contribution < -0.4 is 4.74 Å². The van der Waals surface area contributed by atoms with Gasteiger partial charge in [0.25, 0.3) is 0 Å². The Kier molecular flexibility index (Phi) is 4.69. The van der Waals surface area contributed by atoms with Crippen LogP contribution in [0.25, 0.3) is 0 Å². The Balaban J connectivity index is 2.03. The molecule has 0 aliphatic heterocycles. The quantitative estimate of drug-likeness (QED) is 0.891. The molecular formula is C17H23NO2S. The summed E-state index contributed by atoms with van der Waals surface area (Å²) in [6.45, 7) is 10.3. The highest BCUT2D eigenvalue weighted by Gasteiger charge is 2.22. The third-order valence-electron chi connectivity index (χ3n) is 3.31. The molecule has 1 aromatic carbocycles. The van der Waals surface area contributed by atoms with Crippen molar-refractivity contribution in [3.8, 4) is 5.75 Å². The van der Waals surface area contributed by atoms with Gasteiger partial charge in [0.1, 0.15) is 17.4 Å². The number of hydrogen-bond donors (Lipinski definition) is 1. The lowest BCUT2D eigenvalue weighted by molar-refractivity contribution is 0.0817. The Bertz CT molecular complexity index is 594. The van der Waals surface area contributed by atoms with Crippen molar-refractivity contribution in [3.63, 3.8) is 0 Å². The van der Waals surface area contributed by atoms with E-state index in [1.165, 1.54) is 16.9 Å². The zero-order chi connectivity index (χ0) is 15.6. The molecule has 0 bridgehead atoms. The number of rotatable bonds is 5. The molecule has 3 nitrogen and oxygen atoms in total. The maximum absolute atomic E-state index is 10.1. The van der Waals surface area contributed by atoms with Crippen LogP contribution in [0.3, 0.4) is 0 Å². The third kappa shape index (κ3) is 4.05. The fourth-order valence-electron chi connectivity index (χ4n) is 2.18. The second-order valence-electron chi connectivity index (χ2n) is 6.09. The van der Waals surface area contributed by atoms with Crippen LogP contribution in [0.15, 0.2) is 24.3 Å². The van der Waals surface area contributed by atoms with Crippen molar-refractivity contribution in [3.05, 3.63) is 45.4 Å². The van der Waals surface area contributed by atoms with Gasteiger partial charge < -0.3 is 9.84 Å². The van der Waals surface area contributed by atoms with Gasteiger partial charge in [0.05, 0.1) is 16.2 Å². The maximum atomic E-state index is 10.1. The number of benzene rings is 1. The summed E-state index contributed by atoms with van der Waals surface area (Å²) in [5, 5.41) is 11.0. The van der Waals surface area contributed by atoms with Crippen molar-refractivity contribution in [2.24, 2.45) is 0 Å². The van der Waals surface area contributed by atoms with E-state index in [-0.39, 0.29) is 0 Å². The first-order chi connectivity index (χ1) is 9.77. The summed E-state index contributed by atoms with van der Waals surface area (Å²) in [5.41, 5.74) is 1.33. The van der Waals surface area contributed by atoms with Crippen LogP contribution in [0.2, 0.25) is 0 Å². The standard InChI is InChI=1S/C17H23NO2S/c1-11(2)13-6-8-14(9-7-13)20-10-15-18-12(3)16(21-15)17(4,5)19/h6-9,11,19H,10H2,1-5H3. The summed E-state index contributed by atoms with van der Waals surface area (Å²) >= 11 is 1.51. The Hall–Kier alpha value is -1.39. The lowest BCUT2D eigenvalue weighted by Crippen LogP contribution is -2.14. The molecule has 2 aromatic rings. The predicted octanol–water partition coefficient (Wildman–Crippen LogP) is 4.38. The molecule has 4 heteroatoms. The molecule has 114 valence electrons. The van der Waals surface area contributed by atoms with Crippen molar-refractivity contribution >= 4 is 11.3 Å². The molecule has 0 unspecified atom stereocenters. The van der Waals surface area contributed by atoms with Gasteiger partial charge in [-0.2, -0.15) is 0 Å². The smallest absolute Gasteiger partial charge is 0.140 e. The summed E-state index contributed by atoms with van der Waals surface area (Å²) in [7, 11) is 0. The summed E-state index contributed by atoms with van der Waals surface area (Å²) in [5.74, 6) is 1.37. The van der Waals surface area contributed by atoms with Gasteiger partial charge in [-0.25, -0.2) is 4.98 Å². The van der Waals surface area contributed by atoms with Gasteiger partial charge >= 0.3 is 0 Å². The highest BCUT2D eigenvalue weighted by molar-refractivity contribution is 7.11. The molecule has 1 aromatic heterocycles. The summed E-state index contributed by atoms with van der Waals surface area (Å²) < 4.78 is 5.77. The zero-order valence-corrected chi connectivity index (χ0v) is 14.1. The molecule has 2 rings (SSSR count). The molecule has 21 heavy (non-hydrogen) atoms. The Morgan fingerprint density at radius 3 is 2.33 bits per heavy atom. The van der Waals surface area contributed by atoms with Crippen molar-refractivity contribution in [1.29, 1.82) is 0 Å². The number of aromatic nitrogens is 1.